The minimum absolute atomic E-state index is 0.0431. The van der Waals surface area contributed by atoms with Crippen LogP contribution in [0.25, 0.3) is 5.65 Å². The van der Waals surface area contributed by atoms with E-state index in [-0.39, 0.29) is 29.0 Å². The maximum atomic E-state index is 16.7. The SMILES string of the molecule is Nc1nn2cc(F)cnc2c1C(=O)NC1CN(C2CCCCCCCCC2)CC(F)C1N1CCN(C(O)C2CCN(C3COC3)CC2)CC1. The van der Waals surface area contributed by atoms with Crippen LogP contribution in [0.1, 0.15) is 81.0 Å². The Labute approximate surface area is 288 Å². The predicted molar refractivity (Wildman–Crippen MR) is 182 cm³/mol. The average Bonchev–Trinajstić information content (AvgIpc) is 3.41. The Morgan fingerprint density at radius 2 is 1.57 bits per heavy atom. The second kappa shape index (κ2) is 15.8. The molecule has 4 saturated heterocycles. The molecule has 1 aliphatic carbocycles. The number of likely N-dealkylation sites (tertiary alicyclic amines) is 2. The molecule has 49 heavy (non-hydrogen) atoms. The summed E-state index contributed by atoms with van der Waals surface area (Å²) < 4.78 is 37.1. The zero-order valence-electron chi connectivity index (χ0n) is 28.8. The van der Waals surface area contributed by atoms with Crippen LogP contribution in [-0.4, -0.2) is 147 Å². The highest BCUT2D eigenvalue weighted by Crippen LogP contribution is 2.30. The third-order valence-corrected chi connectivity index (χ3v) is 12.0. The van der Waals surface area contributed by atoms with Crippen LogP contribution >= 0.6 is 0 Å². The van der Waals surface area contributed by atoms with E-state index in [9.17, 15) is 14.3 Å². The number of carbonyl (C=O) groups is 1. The summed E-state index contributed by atoms with van der Waals surface area (Å²) >= 11 is 0. The molecule has 2 aromatic heterocycles. The summed E-state index contributed by atoms with van der Waals surface area (Å²) in [5.41, 5.74) is 6.41. The van der Waals surface area contributed by atoms with Gasteiger partial charge >= 0.3 is 0 Å². The topological polar surface area (TPSA) is 128 Å². The number of rotatable bonds is 7. The molecule has 12 nitrogen and oxygen atoms in total. The first kappa shape index (κ1) is 34.9. The van der Waals surface area contributed by atoms with Crippen LogP contribution in [0.4, 0.5) is 14.6 Å². The highest BCUT2D eigenvalue weighted by Gasteiger charge is 2.45. The number of nitrogen functional groups attached to an aromatic ring is 1. The van der Waals surface area contributed by atoms with Gasteiger partial charge in [-0.3, -0.25) is 24.4 Å². The molecule has 4 N–H and O–H groups in total. The van der Waals surface area contributed by atoms with Gasteiger partial charge in [-0.05, 0) is 38.8 Å². The van der Waals surface area contributed by atoms with Crippen LogP contribution in [0.2, 0.25) is 0 Å². The Hall–Kier alpha value is -2.49. The summed E-state index contributed by atoms with van der Waals surface area (Å²) in [5, 5.41) is 18.7. The average molecular weight is 688 g/mol. The summed E-state index contributed by atoms with van der Waals surface area (Å²) in [7, 11) is 0. The Balaban J connectivity index is 1.04. The molecular formula is C35H55F2N9O3. The number of piperidine rings is 2. The lowest BCUT2D eigenvalue weighted by Crippen LogP contribution is -2.69. The molecule has 6 heterocycles. The highest BCUT2D eigenvalue weighted by molar-refractivity contribution is 6.04. The number of carbonyl (C=O) groups excluding carboxylic acids is 1. The van der Waals surface area contributed by atoms with Gasteiger partial charge in [0, 0.05) is 51.2 Å². The third kappa shape index (κ3) is 7.89. The van der Waals surface area contributed by atoms with Gasteiger partial charge in [-0.1, -0.05) is 44.9 Å². The molecule has 1 amide bonds. The second-order valence-corrected chi connectivity index (χ2v) is 15.1. The van der Waals surface area contributed by atoms with Crippen LogP contribution in [0.15, 0.2) is 12.4 Å². The van der Waals surface area contributed by atoms with Crippen molar-refractivity contribution in [2.24, 2.45) is 5.92 Å². The fourth-order valence-electron chi connectivity index (χ4n) is 9.09. The van der Waals surface area contributed by atoms with Crippen molar-refractivity contribution < 1.29 is 23.4 Å². The summed E-state index contributed by atoms with van der Waals surface area (Å²) in [5.74, 6) is -0.882. The van der Waals surface area contributed by atoms with E-state index in [0.717, 1.165) is 77.2 Å². The summed E-state index contributed by atoms with van der Waals surface area (Å²) in [6.45, 7) is 6.99. The van der Waals surface area contributed by atoms with Gasteiger partial charge in [0.05, 0.1) is 43.7 Å². The Morgan fingerprint density at radius 1 is 0.898 bits per heavy atom. The summed E-state index contributed by atoms with van der Waals surface area (Å²) in [4.78, 5) is 27.1. The third-order valence-electron chi connectivity index (χ3n) is 12.0. The highest BCUT2D eigenvalue weighted by atomic mass is 19.1. The number of halogens is 2. The lowest BCUT2D eigenvalue weighted by atomic mass is 9.90. The van der Waals surface area contributed by atoms with Crippen molar-refractivity contribution in [3.8, 4) is 0 Å². The van der Waals surface area contributed by atoms with Crippen molar-refractivity contribution in [1.82, 2.24) is 39.5 Å². The molecule has 5 fully saturated rings. The van der Waals surface area contributed by atoms with Gasteiger partial charge in [-0.15, -0.1) is 5.10 Å². The lowest BCUT2D eigenvalue weighted by molar-refractivity contribution is -0.108. The van der Waals surface area contributed by atoms with Gasteiger partial charge < -0.3 is 20.9 Å². The number of aromatic nitrogens is 3. The van der Waals surface area contributed by atoms with E-state index in [1.54, 1.807) is 0 Å². The second-order valence-electron chi connectivity index (χ2n) is 15.1. The molecular weight excluding hydrogens is 632 g/mol. The lowest BCUT2D eigenvalue weighted by Gasteiger charge is -2.50. The van der Waals surface area contributed by atoms with Gasteiger partial charge in [-0.25, -0.2) is 18.3 Å². The zero-order valence-corrected chi connectivity index (χ0v) is 28.8. The Bertz CT molecular complexity index is 1390. The van der Waals surface area contributed by atoms with Crippen molar-refractivity contribution in [2.75, 3.05) is 71.3 Å². The number of ether oxygens (including phenoxy) is 1. The Kier molecular flexibility index (Phi) is 11.3. The molecule has 5 aliphatic rings. The quantitative estimate of drug-likeness (QED) is 0.400. The van der Waals surface area contributed by atoms with Crippen molar-refractivity contribution in [3.63, 3.8) is 0 Å². The molecule has 4 atom stereocenters. The van der Waals surface area contributed by atoms with Crippen LogP contribution in [0.5, 0.6) is 0 Å². The van der Waals surface area contributed by atoms with E-state index in [1.807, 2.05) is 0 Å². The monoisotopic (exact) mass is 687 g/mol. The van der Waals surface area contributed by atoms with Gasteiger partial charge in [0.25, 0.3) is 5.91 Å². The number of alkyl halides is 1. The number of hydrogen-bond acceptors (Lipinski definition) is 10. The molecule has 1 saturated carbocycles. The number of anilines is 1. The van der Waals surface area contributed by atoms with Crippen LogP contribution in [-0.2, 0) is 4.74 Å². The van der Waals surface area contributed by atoms with E-state index in [0.29, 0.717) is 45.3 Å². The Morgan fingerprint density at radius 3 is 2.22 bits per heavy atom. The number of fused-ring (bicyclic) bond motifs is 1. The standard InChI is InChI=1S/C35H55F2N9O3/c36-25-18-39-33-30(32(38)41-46(33)19-25)34(47)40-29-21-45(26-8-6-4-2-1-3-5-7-9-26)20-28(37)31(29)43-14-16-44(17-15-43)35(48)24-10-12-42(13-11-24)27-22-49-23-27/h18-19,24,26-29,31,35,48H,1-17,20-23H2,(H2,38,41)(H,40,47). The van der Waals surface area contributed by atoms with Crippen molar-refractivity contribution in [1.29, 1.82) is 0 Å². The number of piperazine rings is 1. The maximum Gasteiger partial charge on any atom is 0.259 e. The van der Waals surface area contributed by atoms with Crippen LogP contribution < -0.4 is 11.1 Å². The fraction of sp³-hybridized carbons (Fsp3) is 0.800. The smallest absolute Gasteiger partial charge is 0.259 e. The van der Waals surface area contributed by atoms with Gasteiger partial charge in [0.1, 0.15) is 18.0 Å². The molecule has 14 heteroatoms. The molecule has 7 rings (SSSR count). The van der Waals surface area contributed by atoms with Crippen molar-refractivity contribution >= 4 is 17.4 Å². The van der Waals surface area contributed by atoms with Crippen LogP contribution in [0, 0.1) is 11.7 Å². The minimum Gasteiger partial charge on any atom is -0.381 e. The maximum absolute atomic E-state index is 16.7. The largest absolute Gasteiger partial charge is 0.381 e. The first-order valence-electron chi connectivity index (χ1n) is 18.8. The number of aliphatic hydroxyl groups is 1. The predicted octanol–water partition coefficient (Wildman–Crippen LogP) is 2.51. The molecule has 0 aromatic carbocycles. The van der Waals surface area contributed by atoms with E-state index >= 15 is 4.39 Å². The van der Waals surface area contributed by atoms with E-state index in [2.05, 4.69) is 35.0 Å². The van der Waals surface area contributed by atoms with Crippen LogP contribution in [0.3, 0.4) is 0 Å². The zero-order chi connectivity index (χ0) is 33.9. The van der Waals surface area contributed by atoms with Gasteiger partial charge in [0.15, 0.2) is 17.3 Å². The molecule has 0 spiro atoms. The summed E-state index contributed by atoms with van der Waals surface area (Å²) in [6, 6.07) is -0.225. The van der Waals surface area contributed by atoms with E-state index in [1.165, 1.54) is 36.6 Å². The van der Waals surface area contributed by atoms with Crippen molar-refractivity contribution in [3.05, 3.63) is 23.8 Å². The number of nitrogens with two attached hydrogens (primary N) is 1. The molecule has 272 valence electrons. The number of nitrogens with one attached hydrogen (secondary N) is 1. The molecule has 4 aliphatic heterocycles. The van der Waals surface area contributed by atoms with Gasteiger partial charge in [-0.2, -0.15) is 0 Å². The van der Waals surface area contributed by atoms with Gasteiger partial charge in [0.2, 0.25) is 0 Å². The minimum atomic E-state index is -1.17. The number of amides is 1. The molecule has 4 unspecified atom stereocenters. The number of nitrogens with zero attached hydrogens (tertiary/aromatic N) is 7. The molecule has 0 bridgehead atoms. The summed E-state index contributed by atoms with van der Waals surface area (Å²) in [6.07, 6.45) is 13.0. The molecule has 2 aromatic rings. The normalized spacial score (nSPS) is 29.5. The van der Waals surface area contributed by atoms with Crippen molar-refractivity contribution in [2.45, 2.75) is 107 Å². The van der Waals surface area contributed by atoms with E-state index in [4.69, 9.17) is 10.5 Å². The van der Waals surface area contributed by atoms with E-state index < -0.39 is 36.2 Å². The number of hydrogen-bond donors (Lipinski definition) is 3. The first-order chi connectivity index (χ1) is 23.9. The molecule has 0 radical (unpaired) electrons. The number of aliphatic hydroxyl groups excluding tert-OH is 1. The fourth-order valence-corrected chi connectivity index (χ4v) is 9.09. The first-order valence-corrected chi connectivity index (χ1v) is 18.8.